The Labute approximate surface area is 162 Å². The molecular formula is C23H18N4O. The van der Waals surface area contributed by atoms with Gasteiger partial charge in [0.15, 0.2) is 11.4 Å². The Hall–Kier alpha value is -3.86. The number of hydrogen-bond acceptors (Lipinski definition) is 3. The minimum Gasteiger partial charge on any atom is -0.493 e. The van der Waals surface area contributed by atoms with Crippen LogP contribution in [0.25, 0.3) is 39.4 Å². The van der Waals surface area contributed by atoms with Crippen LogP contribution in [0.1, 0.15) is 0 Å². The highest BCUT2D eigenvalue weighted by atomic mass is 16.5. The fourth-order valence-corrected chi connectivity index (χ4v) is 3.49. The number of ether oxygens (including phenoxy) is 1. The maximum absolute atomic E-state index is 5.69. The number of H-pyrrole nitrogens is 1. The summed E-state index contributed by atoms with van der Waals surface area (Å²) in [6, 6.07) is 22.5. The molecule has 0 spiro atoms. The Kier molecular flexibility index (Phi) is 3.91. The second-order valence-corrected chi connectivity index (χ2v) is 6.50. The number of rotatable bonds is 4. The molecule has 0 aliphatic heterocycles. The minimum atomic E-state index is 0.714. The Morgan fingerprint density at radius 1 is 0.893 bits per heavy atom. The molecule has 3 aromatic heterocycles. The third kappa shape index (κ3) is 2.65. The van der Waals surface area contributed by atoms with Gasteiger partial charge in [0, 0.05) is 22.9 Å². The molecule has 5 rings (SSSR count). The van der Waals surface area contributed by atoms with Crippen LogP contribution in [0.3, 0.4) is 0 Å². The van der Waals surface area contributed by atoms with Crippen LogP contribution in [0, 0.1) is 0 Å². The highest BCUT2D eigenvalue weighted by Gasteiger charge is 2.19. The van der Waals surface area contributed by atoms with Crippen molar-refractivity contribution in [2.45, 2.75) is 0 Å². The summed E-state index contributed by atoms with van der Waals surface area (Å²) >= 11 is 0. The molecule has 0 amide bonds. The molecule has 0 fully saturated rings. The van der Waals surface area contributed by atoms with Gasteiger partial charge in [-0.2, -0.15) is 0 Å². The number of methoxy groups -OCH3 is 1. The smallest absolute Gasteiger partial charge is 0.180 e. The predicted octanol–water partition coefficient (Wildman–Crippen LogP) is 5.07. The average Bonchev–Trinajstić information content (AvgIpc) is 3.42. The van der Waals surface area contributed by atoms with Gasteiger partial charge in [0.1, 0.15) is 0 Å². The predicted molar refractivity (Wildman–Crippen MR) is 110 cm³/mol. The lowest BCUT2D eigenvalue weighted by Crippen LogP contribution is -1.95. The van der Waals surface area contributed by atoms with Gasteiger partial charge >= 0.3 is 0 Å². The monoisotopic (exact) mass is 366 g/mol. The van der Waals surface area contributed by atoms with E-state index in [4.69, 9.17) is 9.72 Å². The summed E-state index contributed by atoms with van der Waals surface area (Å²) in [4.78, 5) is 12.3. The molecule has 0 radical (unpaired) electrons. The van der Waals surface area contributed by atoms with Crippen LogP contribution in [0.4, 0.5) is 0 Å². The number of nitrogens with one attached hydrogen (secondary N) is 1. The summed E-state index contributed by atoms with van der Waals surface area (Å²) in [5.74, 6) is 0.714. The Morgan fingerprint density at radius 3 is 2.25 bits per heavy atom. The van der Waals surface area contributed by atoms with Crippen LogP contribution in [0.15, 0.2) is 85.5 Å². The van der Waals surface area contributed by atoms with Crippen LogP contribution in [0.5, 0.6) is 5.75 Å². The van der Waals surface area contributed by atoms with Gasteiger partial charge in [-0.1, -0.05) is 60.7 Å². The van der Waals surface area contributed by atoms with E-state index >= 15 is 0 Å². The largest absolute Gasteiger partial charge is 0.493 e. The number of aromatic amines is 1. The normalized spacial score (nSPS) is 11.0. The number of pyridine rings is 1. The zero-order valence-corrected chi connectivity index (χ0v) is 15.3. The third-order valence-electron chi connectivity index (χ3n) is 4.81. The van der Waals surface area contributed by atoms with Gasteiger partial charge < -0.3 is 9.72 Å². The van der Waals surface area contributed by atoms with Gasteiger partial charge in [-0.15, -0.1) is 0 Å². The first-order valence-corrected chi connectivity index (χ1v) is 9.05. The van der Waals surface area contributed by atoms with E-state index in [1.165, 1.54) is 0 Å². The highest BCUT2D eigenvalue weighted by Crippen LogP contribution is 2.37. The van der Waals surface area contributed by atoms with E-state index in [9.17, 15) is 0 Å². The van der Waals surface area contributed by atoms with E-state index in [-0.39, 0.29) is 0 Å². The number of fused-ring (bicyclic) bond motifs is 1. The highest BCUT2D eigenvalue weighted by molar-refractivity contribution is 5.84. The van der Waals surface area contributed by atoms with Gasteiger partial charge in [-0.05, 0) is 6.07 Å². The minimum absolute atomic E-state index is 0.714. The summed E-state index contributed by atoms with van der Waals surface area (Å²) in [6.45, 7) is 0. The molecule has 5 heteroatoms. The van der Waals surface area contributed by atoms with E-state index in [0.717, 1.165) is 39.4 Å². The fourth-order valence-electron chi connectivity index (χ4n) is 3.49. The van der Waals surface area contributed by atoms with Crippen LogP contribution >= 0.6 is 0 Å². The summed E-state index contributed by atoms with van der Waals surface area (Å²) in [5, 5.41) is 0. The van der Waals surface area contributed by atoms with E-state index in [1.54, 1.807) is 19.6 Å². The lowest BCUT2D eigenvalue weighted by atomic mass is 10.0. The average molecular weight is 366 g/mol. The first-order chi connectivity index (χ1) is 13.8. The Morgan fingerprint density at radius 2 is 1.61 bits per heavy atom. The van der Waals surface area contributed by atoms with Crippen LogP contribution in [0.2, 0.25) is 0 Å². The maximum atomic E-state index is 5.69. The SMILES string of the molecule is COc1cc(-c2cnc[nH]2)cn2c(-c3ccccc3)c(-c3ccccc3)nc12. The summed E-state index contributed by atoms with van der Waals surface area (Å²) in [5.41, 5.74) is 6.80. The number of nitrogens with zero attached hydrogens (tertiary/aromatic N) is 3. The van der Waals surface area contributed by atoms with Crippen molar-refractivity contribution >= 4 is 5.65 Å². The molecule has 0 saturated heterocycles. The molecular weight excluding hydrogens is 348 g/mol. The van der Waals surface area contributed by atoms with Crippen molar-refractivity contribution in [1.29, 1.82) is 0 Å². The molecule has 28 heavy (non-hydrogen) atoms. The van der Waals surface area contributed by atoms with Crippen LogP contribution in [-0.4, -0.2) is 26.5 Å². The molecule has 0 saturated carbocycles. The number of imidazole rings is 2. The molecule has 0 aliphatic carbocycles. The standard InChI is InChI=1S/C23H18N4O/c1-28-20-12-18(19-13-24-15-25-19)14-27-22(17-10-6-3-7-11-17)21(26-23(20)27)16-8-4-2-5-9-16/h2-15H,1H3,(H,24,25). The van der Waals surface area contributed by atoms with E-state index in [0.29, 0.717) is 5.75 Å². The summed E-state index contributed by atoms with van der Waals surface area (Å²) < 4.78 is 7.79. The molecule has 2 aromatic carbocycles. The van der Waals surface area contributed by atoms with Crippen molar-refractivity contribution < 1.29 is 4.74 Å². The number of aromatic nitrogens is 4. The molecule has 0 atom stereocenters. The first-order valence-electron chi connectivity index (χ1n) is 9.05. The molecule has 3 heterocycles. The van der Waals surface area contributed by atoms with Crippen molar-refractivity contribution in [2.75, 3.05) is 7.11 Å². The van der Waals surface area contributed by atoms with Crippen molar-refractivity contribution in [1.82, 2.24) is 19.4 Å². The van der Waals surface area contributed by atoms with Crippen molar-refractivity contribution in [3.63, 3.8) is 0 Å². The lowest BCUT2D eigenvalue weighted by molar-refractivity contribution is 0.417. The van der Waals surface area contributed by atoms with Crippen molar-refractivity contribution in [3.8, 4) is 39.5 Å². The van der Waals surface area contributed by atoms with Gasteiger partial charge in [0.2, 0.25) is 0 Å². The Balaban J connectivity index is 1.87. The molecule has 0 bridgehead atoms. The lowest BCUT2D eigenvalue weighted by Gasteiger charge is -2.09. The fraction of sp³-hybridized carbons (Fsp3) is 0.0435. The zero-order valence-electron chi connectivity index (χ0n) is 15.3. The zero-order chi connectivity index (χ0) is 18.9. The van der Waals surface area contributed by atoms with E-state index in [1.807, 2.05) is 42.5 Å². The van der Waals surface area contributed by atoms with Crippen LogP contribution in [-0.2, 0) is 0 Å². The van der Waals surface area contributed by atoms with Crippen molar-refractivity contribution in [3.05, 3.63) is 85.5 Å². The van der Waals surface area contributed by atoms with Gasteiger partial charge in [0.05, 0.1) is 36.7 Å². The molecule has 0 aliphatic rings. The maximum Gasteiger partial charge on any atom is 0.180 e. The summed E-state index contributed by atoms with van der Waals surface area (Å²) in [6.07, 6.45) is 5.55. The molecule has 0 unspecified atom stereocenters. The van der Waals surface area contributed by atoms with Crippen LogP contribution < -0.4 is 4.74 Å². The second kappa shape index (κ2) is 6.70. The molecule has 136 valence electrons. The van der Waals surface area contributed by atoms with Gasteiger partial charge in [0.25, 0.3) is 0 Å². The van der Waals surface area contributed by atoms with Crippen molar-refractivity contribution in [2.24, 2.45) is 0 Å². The quantitative estimate of drug-likeness (QED) is 0.483. The first kappa shape index (κ1) is 16.3. The molecule has 1 N–H and O–H groups in total. The Bertz CT molecular complexity index is 1230. The topological polar surface area (TPSA) is 55.2 Å². The van der Waals surface area contributed by atoms with Gasteiger partial charge in [-0.3, -0.25) is 4.40 Å². The number of hydrogen-bond donors (Lipinski definition) is 1. The third-order valence-corrected chi connectivity index (χ3v) is 4.81. The van der Waals surface area contributed by atoms with E-state index in [2.05, 4.69) is 44.8 Å². The van der Waals surface area contributed by atoms with Gasteiger partial charge in [-0.25, -0.2) is 9.97 Å². The molecule has 5 nitrogen and oxygen atoms in total. The molecule has 5 aromatic rings. The number of benzene rings is 2. The van der Waals surface area contributed by atoms with E-state index < -0.39 is 0 Å². The second-order valence-electron chi connectivity index (χ2n) is 6.50. The summed E-state index contributed by atoms with van der Waals surface area (Å²) in [7, 11) is 1.67.